The summed E-state index contributed by atoms with van der Waals surface area (Å²) in [6.45, 7) is 0. The van der Waals surface area contributed by atoms with Crippen molar-refractivity contribution in [3.8, 4) is 0 Å². The molecule has 0 heterocycles. The number of hydrogen-bond acceptors (Lipinski definition) is 4. The first kappa shape index (κ1) is 16.8. The van der Waals surface area contributed by atoms with Crippen LogP contribution >= 0.6 is 11.8 Å². The van der Waals surface area contributed by atoms with Gasteiger partial charge < -0.3 is 20.8 Å². The Balaban J connectivity index is 2.72. The van der Waals surface area contributed by atoms with Crippen LogP contribution in [0, 0.1) is 0 Å². The molecular formula is C13H16N2O5S. The van der Waals surface area contributed by atoms with Crippen LogP contribution in [0.5, 0.6) is 0 Å². The third-order valence-electron chi connectivity index (χ3n) is 2.62. The Hall–Kier alpha value is -2.22. The minimum Gasteiger partial charge on any atom is -0.480 e. The van der Waals surface area contributed by atoms with E-state index in [4.69, 9.17) is 10.2 Å². The first-order chi connectivity index (χ1) is 9.95. The van der Waals surface area contributed by atoms with Gasteiger partial charge >= 0.3 is 18.0 Å². The van der Waals surface area contributed by atoms with Gasteiger partial charge in [-0.3, -0.25) is 0 Å². The number of hydrogen-bond donors (Lipinski definition) is 4. The normalized spacial score (nSPS) is 11.5. The Morgan fingerprint density at radius 2 is 1.90 bits per heavy atom. The van der Waals surface area contributed by atoms with Crippen LogP contribution in [-0.4, -0.2) is 46.2 Å². The lowest BCUT2D eigenvalue weighted by Gasteiger charge is -2.15. The number of urea groups is 1. The van der Waals surface area contributed by atoms with E-state index in [2.05, 4.69) is 10.6 Å². The number of para-hydroxylation sites is 1. The molecule has 0 bridgehead atoms. The van der Waals surface area contributed by atoms with E-state index in [9.17, 15) is 14.4 Å². The Bertz CT molecular complexity index is 535. The van der Waals surface area contributed by atoms with Crippen molar-refractivity contribution in [3.05, 3.63) is 29.8 Å². The molecule has 0 saturated heterocycles. The summed E-state index contributed by atoms with van der Waals surface area (Å²) in [5.74, 6) is -1.73. The van der Waals surface area contributed by atoms with Gasteiger partial charge in [-0.15, -0.1) is 0 Å². The number of aromatic carboxylic acids is 1. The molecule has 1 aromatic carbocycles. The van der Waals surface area contributed by atoms with Crippen molar-refractivity contribution >= 4 is 35.4 Å². The zero-order valence-corrected chi connectivity index (χ0v) is 12.1. The zero-order chi connectivity index (χ0) is 15.8. The maximum absolute atomic E-state index is 11.8. The number of carbonyl (C=O) groups is 3. The molecule has 0 saturated carbocycles. The Morgan fingerprint density at radius 3 is 2.48 bits per heavy atom. The number of carboxylic acid groups (broad SMARTS) is 2. The summed E-state index contributed by atoms with van der Waals surface area (Å²) in [5.41, 5.74) is 0.0418. The number of carbonyl (C=O) groups excluding carboxylic acids is 1. The smallest absolute Gasteiger partial charge is 0.337 e. The van der Waals surface area contributed by atoms with E-state index in [1.807, 2.05) is 6.26 Å². The van der Waals surface area contributed by atoms with Crippen molar-refractivity contribution in [2.24, 2.45) is 0 Å². The molecule has 0 unspecified atom stereocenters. The third-order valence-corrected chi connectivity index (χ3v) is 3.26. The fourth-order valence-electron chi connectivity index (χ4n) is 1.59. The summed E-state index contributed by atoms with van der Waals surface area (Å²) in [7, 11) is 0. The Morgan fingerprint density at radius 1 is 1.24 bits per heavy atom. The predicted octanol–water partition coefficient (Wildman–Crippen LogP) is 1.71. The van der Waals surface area contributed by atoms with Crippen molar-refractivity contribution in [3.63, 3.8) is 0 Å². The number of amides is 2. The number of thioether (sulfide) groups is 1. The van der Waals surface area contributed by atoms with Gasteiger partial charge in [-0.2, -0.15) is 11.8 Å². The van der Waals surface area contributed by atoms with Gasteiger partial charge in [0.1, 0.15) is 6.04 Å². The third kappa shape index (κ3) is 5.35. The number of benzene rings is 1. The quantitative estimate of drug-likeness (QED) is 0.609. The number of anilines is 1. The highest BCUT2D eigenvalue weighted by Gasteiger charge is 2.20. The molecule has 0 aromatic heterocycles. The van der Waals surface area contributed by atoms with E-state index < -0.39 is 24.0 Å². The first-order valence-electron chi connectivity index (χ1n) is 6.07. The topological polar surface area (TPSA) is 116 Å². The van der Waals surface area contributed by atoms with Gasteiger partial charge in [0.15, 0.2) is 0 Å². The summed E-state index contributed by atoms with van der Waals surface area (Å²) in [6.07, 6.45) is 2.12. The number of aliphatic carboxylic acids is 1. The maximum atomic E-state index is 11.8. The van der Waals surface area contributed by atoms with Gasteiger partial charge in [-0.05, 0) is 30.6 Å². The lowest BCUT2D eigenvalue weighted by molar-refractivity contribution is -0.139. The molecule has 1 atom stereocenters. The maximum Gasteiger partial charge on any atom is 0.337 e. The molecular weight excluding hydrogens is 296 g/mol. The van der Waals surface area contributed by atoms with Crippen molar-refractivity contribution in [1.29, 1.82) is 0 Å². The summed E-state index contributed by atoms with van der Waals surface area (Å²) in [6, 6.07) is 4.11. The number of carboxylic acids is 2. The second-order valence-corrected chi connectivity index (χ2v) is 5.11. The van der Waals surface area contributed by atoms with Gasteiger partial charge in [0.05, 0.1) is 11.3 Å². The lowest BCUT2D eigenvalue weighted by atomic mass is 10.2. The van der Waals surface area contributed by atoms with Crippen molar-refractivity contribution < 1.29 is 24.6 Å². The highest BCUT2D eigenvalue weighted by molar-refractivity contribution is 7.98. The van der Waals surface area contributed by atoms with Crippen LogP contribution in [0.1, 0.15) is 16.8 Å². The van der Waals surface area contributed by atoms with Crippen LogP contribution in [0.15, 0.2) is 24.3 Å². The lowest BCUT2D eigenvalue weighted by Crippen LogP contribution is -2.43. The minimum absolute atomic E-state index is 0.0661. The molecule has 8 heteroatoms. The van der Waals surface area contributed by atoms with E-state index in [0.717, 1.165) is 0 Å². The molecule has 1 rings (SSSR count). The monoisotopic (exact) mass is 312 g/mol. The highest BCUT2D eigenvalue weighted by atomic mass is 32.2. The molecule has 0 spiro atoms. The Kier molecular flexibility index (Phi) is 6.54. The van der Waals surface area contributed by atoms with E-state index in [-0.39, 0.29) is 17.7 Å². The molecule has 4 N–H and O–H groups in total. The fourth-order valence-corrected chi connectivity index (χ4v) is 2.06. The predicted molar refractivity (Wildman–Crippen MR) is 80.0 cm³/mol. The average Bonchev–Trinajstić information content (AvgIpc) is 2.43. The van der Waals surface area contributed by atoms with Crippen LogP contribution < -0.4 is 10.6 Å². The molecule has 0 aliphatic rings. The van der Waals surface area contributed by atoms with Crippen LogP contribution in [0.2, 0.25) is 0 Å². The van der Waals surface area contributed by atoms with E-state index in [0.29, 0.717) is 5.75 Å². The molecule has 2 amide bonds. The van der Waals surface area contributed by atoms with E-state index >= 15 is 0 Å². The Labute approximate surface area is 125 Å². The summed E-state index contributed by atoms with van der Waals surface area (Å²) in [5, 5.41) is 22.7. The summed E-state index contributed by atoms with van der Waals surface area (Å²) in [4.78, 5) is 33.8. The van der Waals surface area contributed by atoms with Gasteiger partial charge in [-0.1, -0.05) is 12.1 Å². The molecule has 0 fully saturated rings. The summed E-state index contributed by atoms with van der Waals surface area (Å²) >= 11 is 1.47. The second kappa shape index (κ2) is 8.15. The highest BCUT2D eigenvalue weighted by Crippen LogP contribution is 2.14. The number of nitrogens with one attached hydrogen (secondary N) is 2. The van der Waals surface area contributed by atoms with Crippen molar-refractivity contribution in [1.82, 2.24) is 5.32 Å². The minimum atomic E-state index is -1.18. The standard InChI is InChI=1S/C13H16N2O5S/c1-21-7-6-10(12(18)19)15-13(20)14-9-5-3-2-4-8(9)11(16)17/h2-5,10H,6-7H2,1H3,(H,16,17)(H,18,19)(H2,14,15,20)/t10-/m0/s1. The first-order valence-corrected chi connectivity index (χ1v) is 7.46. The van der Waals surface area contributed by atoms with Gasteiger partial charge in [0.2, 0.25) is 0 Å². The molecule has 21 heavy (non-hydrogen) atoms. The average molecular weight is 312 g/mol. The van der Waals surface area contributed by atoms with Crippen molar-refractivity contribution in [2.75, 3.05) is 17.3 Å². The molecule has 0 radical (unpaired) electrons. The molecule has 0 aliphatic carbocycles. The van der Waals surface area contributed by atoms with E-state index in [1.54, 1.807) is 6.07 Å². The fraction of sp³-hybridized carbons (Fsp3) is 0.308. The molecule has 1 aromatic rings. The van der Waals surface area contributed by atoms with E-state index in [1.165, 1.54) is 30.0 Å². The van der Waals surface area contributed by atoms with Gasteiger partial charge in [0.25, 0.3) is 0 Å². The number of rotatable bonds is 7. The van der Waals surface area contributed by atoms with Crippen LogP contribution in [-0.2, 0) is 4.79 Å². The SMILES string of the molecule is CSCC[C@H](NC(=O)Nc1ccccc1C(=O)O)C(=O)O. The second-order valence-electron chi connectivity index (χ2n) is 4.12. The van der Waals surface area contributed by atoms with Crippen molar-refractivity contribution in [2.45, 2.75) is 12.5 Å². The zero-order valence-electron chi connectivity index (χ0n) is 11.3. The van der Waals surface area contributed by atoms with Gasteiger partial charge in [0, 0.05) is 0 Å². The van der Waals surface area contributed by atoms with Crippen LogP contribution in [0.3, 0.4) is 0 Å². The van der Waals surface area contributed by atoms with Gasteiger partial charge in [-0.25, -0.2) is 14.4 Å². The molecule has 114 valence electrons. The molecule has 0 aliphatic heterocycles. The largest absolute Gasteiger partial charge is 0.480 e. The van der Waals surface area contributed by atoms with Crippen LogP contribution in [0.25, 0.3) is 0 Å². The molecule has 7 nitrogen and oxygen atoms in total. The van der Waals surface area contributed by atoms with Crippen LogP contribution in [0.4, 0.5) is 10.5 Å². The summed E-state index contributed by atoms with van der Waals surface area (Å²) < 4.78 is 0.